The first-order chi connectivity index (χ1) is 13.6. The Morgan fingerprint density at radius 3 is 2.82 bits per heavy atom. The molecule has 0 atom stereocenters. The molecule has 0 saturated carbocycles. The van der Waals surface area contributed by atoms with Crippen LogP contribution in [-0.2, 0) is 23.4 Å². The van der Waals surface area contributed by atoms with Crippen LogP contribution >= 0.6 is 11.6 Å². The Morgan fingerprint density at radius 1 is 1.21 bits per heavy atom. The summed E-state index contributed by atoms with van der Waals surface area (Å²) in [4.78, 5) is 2.27. The molecule has 5 rings (SSSR count). The molecule has 0 N–H and O–H groups in total. The third-order valence-electron chi connectivity index (χ3n) is 6.06. The normalized spacial score (nSPS) is 18.2. The molecular weight excluding hydrogens is 379 g/mol. The Morgan fingerprint density at radius 2 is 2.04 bits per heavy atom. The van der Waals surface area contributed by atoms with Crippen molar-refractivity contribution in [1.29, 1.82) is 0 Å². The summed E-state index contributed by atoms with van der Waals surface area (Å²) in [7, 11) is 0. The number of anilines is 1. The van der Waals surface area contributed by atoms with Crippen molar-refractivity contribution in [2.24, 2.45) is 0 Å². The molecule has 2 aliphatic rings. The number of ether oxygens (including phenoxy) is 1. The standard InChI is InChI=1S/C21H22ClFN4O/c1-2-4-18-24-25-20-19(22)17(7-10-27(18)20)26-11-8-21(9-12-26)15-5-3-6-16(23)14(15)13-28-21/h3,5-7,10H,2,4,8-9,11-13H2,1H3. The van der Waals surface area contributed by atoms with Gasteiger partial charge < -0.3 is 9.64 Å². The van der Waals surface area contributed by atoms with Gasteiger partial charge in [-0.05, 0) is 37.0 Å². The fraction of sp³-hybridized carbons (Fsp3) is 0.429. The number of nitrogens with zero attached hydrogens (tertiary/aromatic N) is 4. The van der Waals surface area contributed by atoms with Gasteiger partial charge in [-0.2, -0.15) is 0 Å². The van der Waals surface area contributed by atoms with Crippen molar-refractivity contribution in [3.8, 4) is 0 Å². The number of hydrogen-bond acceptors (Lipinski definition) is 4. The lowest BCUT2D eigenvalue weighted by Crippen LogP contribution is -2.42. The van der Waals surface area contributed by atoms with Crippen molar-refractivity contribution < 1.29 is 9.13 Å². The zero-order valence-corrected chi connectivity index (χ0v) is 16.5. The van der Waals surface area contributed by atoms with Gasteiger partial charge in [0.1, 0.15) is 16.7 Å². The fourth-order valence-electron chi connectivity index (χ4n) is 4.54. The minimum absolute atomic E-state index is 0.167. The highest BCUT2D eigenvalue weighted by atomic mass is 35.5. The minimum Gasteiger partial charge on any atom is -0.370 e. The summed E-state index contributed by atoms with van der Waals surface area (Å²) in [6.45, 7) is 4.06. The summed E-state index contributed by atoms with van der Waals surface area (Å²) in [5.74, 6) is 0.765. The Hall–Kier alpha value is -2.18. The lowest BCUT2D eigenvalue weighted by Gasteiger charge is -2.40. The van der Waals surface area contributed by atoms with Crippen LogP contribution in [-0.4, -0.2) is 27.7 Å². The van der Waals surface area contributed by atoms with Gasteiger partial charge >= 0.3 is 0 Å². The number of aromatic nitrogens is 3. The van der Waals surface area contributed by atoms with Crippen molar-refractivity contribution in [1.82, 2.24) is 14.6 Å². The molecular formula is C21H22ClFN4O. The molecule has 5 nitrogen and oxygen atoms in total. The number of rotatable bonds is 3. The summed E-state index contributed by atoms with van der Waals surface area (Å²) in [5.41, 5.74) is 3.01. The van der Waals surface area contributed by atoms with E-state index in [-0.39, 0.29) is 11.4 Å². The van der Waals surface area contributed by atoms with Crippen LogP contribution in [0.1, 0.15) is 43.1 Å². The number of piperidine rings is 1. The van der Waals surface area contributed by atoms with Crippen LogP contribution in [0.25, 0.3) is 5.65 Å². The first-order valence-electron chi connectivity index (χ1n) is 9.82. The maximum Gasteiger partial charge on any atom is 0.181 e. The van der Waals surface area contributed by atoms with Gasteiger partial charge in [-0.25, -0.2) is 4.39 Å². The number of aryl methyl sites for hydroxylation is 1. The Labute approximate surface area is 168 Å². The monoisotopic (exact) mass is 400 g/mol. The molecule has 0 unspecified atom stereocenters. The maximum absolute atomic E-state index is 14.1. The molecule has 0 radical (unpaired) electrons. The van der Waals surface area contributed by atoms with E-state index in [1.54, 1.807) is 6.07 Å². The molecule has 2 aromatic heterocycles. The van der Waals surface area contributed by atoms with Crippen LogP contribution in [0.3, 0.4) is 0 Å². The smallest absolute Gasteiger partial charge is 0.181 e. The lowest BCUT2D eigenvalue weighted by molar-refractivity contribution is -0.0553. The van der Waals surface area contributed by atoms with Crippen LogP contribution in [0.5, 0.6) is 0 Å². The molecule has 0 bridgehead atoms. The Balaban J connectivity index is 1.41. The quantitative estimate of drug-likeness (QED) is 0.649. The highest BCUT2D eigenvalue weighted by Gasteiger charge is 2.43. The van der Waals surface area contributed by atoms with Gasteiger partial charge in [-0.1, -0.05) is 30.7 Å². The Bertz CT molecular complexity index is 1040. The van der Waals surface area contributed by atoms with Gasteiger partial charge in [0.2, 0.25) is 0 Å². The van der Waals surface area contributed by atoms with E-state index in [1.165, 1.54) is 6.07 Å². The second kappa shape index (κ2) is 6.71. The molecule has 2 aliphatic heterocycles. The van der Waals surface area contributed by atoms with E-state index in [9.17, 15) is 4.39 Å². The summed E-state index contributed by atoms with van der Waals surface area (Å²) in [5, 5.41) is 9.20. The van der Waals surface area contributed by atoms with E-state index in [0.29, 0.717) is 22.8 Å². The average molecular weight is 401 g/mol. The van der Waals surface area contributed by atoms with Gasteiger partial charge in [-0.3, -0.25) is 4.40 Å². The molecule has 146 valence electrons. The highest BCUT2D eigenvalue weighted by Crippen LogP contribution is 2.46. The van der Waals surface area contributed by atoms with Gasteiger partial charge in [-0.15, -0.1) is 10.2 Å². The van der Waals surface area contributed by atoms with Crippen molar-refractivity contribution in [2.45, 2.75) is 44.8 Å². The maximum atomic E-state index is 14.1. The second-order valence-electron chi connectivity index (χ2n) is 7.61. The first-order valence-corrected chi connectivity index (χ1v) is 10.2. The molecule has 1 fully saturated rings. The van der Waals surface area contributed by atoms with Crippen molar-refractivity contribution >= 4 is 22.9 Å². The van der Waals surface area contributed by atoms with E-state index in [1.807, 2.05) is 22.7 Å². The molecule has 1 spiro atoms. The molecule has 0 amide bonds. The number of fused-ring (bicyclic) bond motifs is 3. The van der Waals surface area contributed by atoms with Crippen LogP contribution in [0.2, 0.25) is 5.02 Å². The van der Waals surface area contributed by atoms with Crippen LogP contribution in [0.15, 0.2) is 30.5 Å². The van der Waals surface area contributed by atoms with Crippen molar-refractivity contribution in [3.05, 3.63) is 58.3 Å². The lowest BCUT2D eigenvalue weighted by atomic mass is 9.83. The van der Waals surface area contributed by atoms with Crippen LogP contribution in [0.4, 0.5) is 10.1 Å². The molecule has 0 aliphatic carbocycles. The van der Waals surface area contributed by atoms with E-state index >= 15 is 0 Å². The van der Waals surface area contributed by atoms with E-state index in [2.05, 4.69) is 22.0 Å². The minimum atomic E-state index is -0.381. The molecule has 4 heterocycles. The first kappa shape index (κ1) is 17.9. The summed E-state index contributed by atoms with van der Waals surface area (Å²) in [6, 6.07) is 7.34. The van der Waals surface area contributed by atoms with E-state index < -0.39 is 0 Å². The number of pyridine rings is 1. The predicted molar refractivity (Wildman–Crippen MR) is 106 cm³/mol. The number of benzene rings is 1. The molecule has 3 aromatic rings. The van der Waals surface area contributed by atoms with Crippen LogP contribution < -0.4 is 4.90 Å². The van der Waals surface area contributed by atoms with Gasteiger partial charge in [0.15, 0.2) is 5.65 Å². The van der Waals surface area contributed by atoms with Gasteiger partial charge in [0.05, 0.1) is 17.9 Å². The zero-order valence-electron chi connectivity index (χ0n) is 15.8. The largest absolute Gasteiger partial charge is 0.370 e. The fourth-order valence-corrected chi connectivity index (χ4v) is 4.86. The van der Waals surface area contributed by atoms with Crippen molar-refractivity contribution in [3.63, 3.8) is 0 Å². The molecule has 7 heteroatoms. The average Bonchev–Trinajstić information content (AvgIpc) is 3.28. The summed E-state index contributed by atoms with van der Waals surface area (Å²) < 4.78 is 22.2. The molecule has 28 heavy (non-hydrogen) atoms. The number of hydrogen-bond donors (Lipinski definition) is 0. The third-order valence-corrected chi connectivity index (χ3v) is 6.42. The van der Waals surface area contributed by atoms with E-state index in [0.717, 1.165) is 55.8 Å². The second-order valence-corrected chi connectivity index (χ2v) is 7.99. The highest BCUT2D eigenvalue weighted by molar-refractivity contribution is 6.36. The SMILES string of the molecule is CCCc1nnc2c(Cl)c(N3CCC4(CC3)OCc3c(F)cccc34)ccn12. The summed E-state index contributed by atoms with van der Waals surface area (Å²) >= 11 is 6.70. The Kier molecular flexibility index (Phi) is 4.29. The van der Waals surface area contributed by atoms with E-state index in [4.69, 9.17) is 16.3 Å². The molecule has 1 aromatic carbocycles. The van der Waals surface area contributed by atoms with Gasteiger partial charge in [0, 0.05) is 31.3 Å². The predicted octanol–water partition coefficient (Wildman–Crippen LogP) is 4.50. The third kappa shape index (κ3) is 2.62. The molecule has 1 saturated heterocycles. The van der Waals surface area contributed by atoms with Gasteiger partial charge in [0.25, 0.3) is 0 Å². The zero-order chi connectivity index (χ0) is 19.3. The summed E-state index contributed by atoms with van der Waals surface area (Å²) in [6.07, 6.45) is 5.49. The topological polar surface area (TPSA) is 42.7 Å². The van der Waals surface area contributed by atoms with Crippen molar-refractivity contribution in [2.75, 3.05) is 18.0 Å². The number of halogens is 2. The van der Waals surface area contributed by atoms with Crippen LogP contribution in [0, 0.1) is 5.82 Å².